The molecule has 0 radical (unpaired) electrons. The van der Waals surface area contributed by atoms with Crippen LogP contribution < -0.4 is 15.3 Å². The van der Waals surface area contributed by atoms with Crippen LogP contribution in [0.3, 0.4) is 0 Å². The van der Waals surface area contributed by atoms with E-state index in [1.165, 1.54) is 0 Å². The lowest BCUT2D eigenvalue weighted by molar-refractivity contribution is 0.589. The molecule has 0 saturated carbocycles. The zero-order chi connectivity index (χ0) is 29.4. The van der Waals surface area contributed by atoms with Gasteiger partial charge in [-0.1, -0.05) is 157 Å². The van der Waals surface area contributed by atoms with E-state index in [0.717, 1.165) is 27.3 Å². The molecule has 0 aliphatic carbocycles. The van der Waals surface area contributed by atoms with Gasteiger partial charge in [-0.15, -0.1) is 0 Å². The van der Waals surface area contributed by atoms with Gasteiger partial charge in [0.15, 0.2) is 0 Å². The lowest BCUT2D eigenvalue weighted by Gasteiger charge is -2.31. The predicted molar refractivity (Wildman–Crippen MR) is 181 cm³/mol. The highest BCUT2D eigenvalue weighted by Crippen LogP contribution is 2.58. The maximum absolute atomic E-state index is 13.7. The summed E-state index contributed by atoms with van der Waals surface area (Å²) < 4.78 is 30.2. The van der Waals surface area contributed by atoms with Crippen molar-refractivity contribution in [2.45, 2.75) is 17.5 Å². The fraction of sp³-hybridized carbons (Fsp3) is 0.0556. The number of hydrogen-bond acceptors (Lipinski definition) is 3. The van der Waals surface area contributed by atoms with Gasteiger partial charge in [0.05, 0.1) is 4.90 Å². The summed E-state index contributed by atoms with van der Waals surface area (Å²) in [6, 6.07) is 44.7. The fourth-order valence-corrected chi connectivity index (χ4v) is 10.3. The Kier molecular flexibility index (Phi) is 9.34. The maximum Gasteiger partial charge on any atom is 0.261 e. The molecule has 0 spiro atoms. The van der Waals surface area contributed by atoms with Gasteiger partial charge < -0.3 is 0 Å². The Bertz CT molecular complexity index is 1780. The van der Waals surface area contributed by atoms with Crippen molar-refractivity contribution in [3.63, 3.8) is 0 Å². The minimum atomic E-state index is -3.87. The normalized spacial score (nSPS) is 13.1. The molecule has 42 heavy (non-hydrogen) atoms. The molecular weight excluding hydrogens is 574 g/mol. The Labute approximate surface area is 254 Å². The second-order valence-electron chi connectivity index (χ2n) is 9.97. The van der Waals surface area contributed by atoms with Gasteiger partial charge in [0.25, 0.3) is 10.0 Å². The average molecular weight is 606 g/mol. The molecular formula is C36H32NO2PS2. The number of nitrogens with one attached hydrogen (secondary N) is 1. The number of aryl methyl sites for hydroxylation is 1. The molecule has 0 heterocycles. The standard InChI is InChI=1S/C36H32NO2PS2/c1-29-22-26-35(27-23-29)42(38,39)37-32(25-24-30-14-6-2-7-15-30)28-36(31-16-8-3-9-17-31)40(41,33-18-10-4-11-19-33)34-20-12-5-13-21-34/h2-28,36-37H,1H3/b25-24+,32-28-/t36-/m1/s1. The van der Waals surface area contributed by atoms with E-state index in [1.807, 2.05) is 110 Å². The van der Waals surface area contributed by atoms with Crippen molar-refractivity contribution in [1.82, 2.24) is 4.72 Å². The van der Waals surface area contributed by atoms with Crippen LogP contribution in [-0.4, -0.2) is 8.42 Å². The molecule has 5 rings (SSSR count). The Morgan fingerprint density at radius 2 is 1.17 bits per heavy atom. The third-order valence-electron chi connectivity index (χ3n) is 6.99. The largest absolute Gasteiger partial charge is 0.280 e. The highest BCUT2D eigenvalue weighted by molar-refractivity contribution is 8.22. The summed E-state index contributed by atoms with van der Waals surface area (Å²) in [6.07, 6.45) is 5.74. The van der Waals surface area contributed by atoms with Crippen molar-refractivity contribution in [3.05, 3.63) is 180 Å². The fourth-order valence-electron chi connectivity index (χ4n) is 4.81. The zero-order valence-electron chi connectivity index (χ0n) is 23.2. The van der Waals surface area contributed by atoms with Crippen molar-refractivity contribution in [1.29, 1.82) is 0 Å². The number of benzene rings is 5. The summed E-state index contributed by atoms with van der Waals surface area (Å²) in [5, 5.41) is 2.12. The molecule has 5 aromatic carbocycles. The van der Waals surface area contributed by atoms with E-state index in [2.05, 4.69) is 41.1 Å². The molecule has 0 fully saturated rings. The summed E-state index contributed by atoms with van der Waals surface area (Å²) in [5.41, 5.74) is 3.13. The molecule has 0 bridgehead atoms. The Morgan fingerprint density at radius 3 is 1.69 bits per heavy atom. The SMILES string of the molecule is Cc1ccc(S(=O)(=O)NC(=C\[C@H](c2ccccc2)P(=S)(c2ccccc2)c2ccccc2)/C=C/c2ccccc2)cc1. The van der Waals surface area contributed by atoms with Crippen LogP contribution in [0, 0.1) is 6.92 Å². The molecule has 0 unspecified atom stereocenters. The molecule has 1 N–H and O–H groups in total. The van der Waals surface area contributed by atoms with Gasteiger partial charge in [-0.2, -0.15) is 0 Å². The minimum Gasteiger partial charge on any atom is -0.280 e. The summed E-state index contributed by atoms with van der Waals surface area (Å²) >= 11 is 6.75. The lowest BCUT2D eigenvalue weighted by atomic mass is 10.1. The van der Waals surface area contributed by atoms with Crippen molar-refractivity contribution in [2.24, 2.45) is 0 Å². The van der Waals surface area contributed by atoms with E-state index in [9.17, 15) is 8.42 Å². The van der Waals surface area contributed by atoms with E-state index in [1.54, 1.807) is 24.3 Å². The van der Waals surface area contributed by atoms with Gasteiger partial charge in [-0.25, -0.2) is 8.42 Å². The third-order valence-corrected chi connectivity index (χ3v) is 13.7. The van der Waals surface area contributed by atoms with E-state index in [0.29, 0.717) is 5.70 Å². The van der Waals surface area contributed by atoms with Crippen LogP contribution in [0.1, 0.15) is 22.3 Å². The van der Waals surface area contributed by atoms with E-state index in [4.69, 9.17) is 11.8 Å². The third kappa shape index (κ3) is 6.88. The van der Waals surface area contributed by atoms with Gasteiger partial charge in [0.1, 0.15) is 0 Å². The molecule has 5 aromatic rings. The monoisotopic (exact) mass is 605 g/mol. The van der Waals surface area contributed by atoms with Crippen LogP contribution in [0.5, 0.6) is 0 Å². The summed E-state index contributed by atoms with van der Waals surface area (Å²) in [4.78, 5) is 0.203. The Morgan fingerprint density at radius 1 is 0.690 bits per heavy atom. The second-order valence-corrected chi connectivity index (χ2v) is 16.3. The van der Waals surface area contributed by atoms with Crippen LogP contribution in [0.4, 0.5) is 0 Å². The Hall–Kier alpha value is -4.02. The summed E-state index contributed by atoms with van der Waals surface area (Å²) in [6.45, 7) is 1.93. The first-order valence-corrected chi connectivity index (χ1v) is 18.0. The van der Waals surface area contributed by atoms with E-state index < -0.39 is 16.1 Å². The van der Waals surface area contributed by atoms with Gasteiger partial charge in [0.2, 0.25) is 0 Å². The number of sulfonamides is 1. The summed E-state index contributed by atoms with van der Waals surface area (Å²) in [7, 11) is -3.87. The molecule has 1 atom stereocenters. The maximum atomic E-state index is 13.7. The second kappa shape index (κ2) is 13.3. The van der Waals surface area contributed by atoms with Crippen molar-refractivity contribution in [2.75, 3.05) is 0 Å². The van der Waals surface area contributed by atoms with Gasteiger partial charge in [0, 0.05) is 17.4 Å². The minimum absolute atomic E-state index is 0.203. The number of allylic oxidation sites excluding steroid dienone is 2. The average Bonchev–Trinajstić information content (AvgIpc) is 3.04. The molecule has 0 amide bonds. The van der Waals surface area contributed by atoms with Crippen LogP contribution >= 0.6 is 6.04 Å². The zero-order valence-corrected chi connectivity index (χ0v) is 25.8. The molecule has 0 aromatic heterocycles. The van der Waals surface area contributed by atoms with Crippen LogP contribution in [0.25, 0.3) is 6.08 Å². The highest BCUT2D eigenvalue weighted by atomic mass is 32.4. The predicted octanol–water partition coefficient (Wildman–Crippen LogP) is 7.74. The molecule has 0 saturated heterocycles. The molecule has 0 aliphatic rings. The van der Waals surface area contributed by atoms with Gasteiger partial charge >= 0.3 is 0 Å². The highest BCUT2D eigenvalue weighted by Gasteiger charge is 2.32. The quantitative estimate of drug-likeness (QED) is 0.131. The molecule has 6 heteroatoms. The van der Waals surface area contributed by atoms with Crippen LogP contribution in [-0.2, 0) is 21.8 Å². The van der Waals surface area contributed by atoms with Gasteiger partial charge in [-0.3, -0.25) is 4.72 Å². The number of hydrogen-bond donors (Lipinski definition) is 1. The molecule has 210 valence electrons. The first-order valence-electron chi connectivity index (χ1n) is 13.7. The molecule has 0 aliphatic heterocycles. The van der Waals surface area contributed by atoms with Crippen molar-refractivity contribution >= 4 is 44.6 Å². The number of rotatable bonds is 10. The summed E-state index contributed by atoms with van der Waals surface area (Å²) in [5.74, 6) is 0. The first-order chi connectivity index (χ1) is 20.4. The smallest absolute Gasteiger partial charge is 0.261 e. The van der Waals surface area contributed by atoms with E-state index >= 15 is 0 Å². The van der Waals surface area contributed by atoms with Crippen LogP contribution in [0.15, 0.2) is 168 Å². The van der Waals surface area contributed by atoms with Gasteiger partial charge in [-0.05, 0) is 52.9 Å². The van der Waals surface area contributed by atoms with Crippen molar-refractivity contribution in [3.8, 4) is 0 Å². The Balaban J connectivity index is 1.72. The van der Waals surface area contributed by atoms with Crippen molar-refractivity contribution < 1.29 is 8.42 Å². The molecule has 3 nitrogen and oxygen atoms in total. The topological polar surface area (TPSA) is 46.2 Å². The van der Waals surface area contributed by atoms with Crippen LogP contribution in [0.2, 0.25) is 0 Å². The first kappa shape index (κ1) is 29.5. The lowest BCUT2D eigenvalue weighted by Crippen LogP contribution is -2.25. The van der Waals surface area contributed by atoms with E-state index in [-0.39, 0.29) is 10.6 Å².